The standard InChI is InChI=1S/C21H21N3O4/c25-19-11-10-18(24(19)14-15-4-2-1-3-5-15)20(26)22-16-6-8-17(9-7-16)23-12-13-28-21(23)27/h1-9,18H,10-14H2,(H,22,26). The summed E-state index contributed by atoms with van der Waals surface area (Å²) in [5.41, 5.74) is 2.35. The van der Waals surface area contributed by atoms with Crippen LogP contribution in [0, 0.1) is 0 Å². The number of cyclic esters (lactones) is 1. The number of carbonyl (C=O) groups excluding carboxylic acids is 3. The van der Waals surface area contributed by atoms with Crippen molar-refractivity contribution < 1.29 is 19.1 Å². The van der Waals surface area contributed by atoms with Crippen molar-refractivity contribution in [3.05, 3.63) is 60.2 Å². The summed E-state index contributed by atoms with van der Waals surface area (Å²) < 4.78 is 4.93. The molecule has 7 heteroatoms. The van der Waals surface area contributed by atoms with Gasteiger partial charge in [0.15, 0.2) is 0 Å². The second kappa shape index (κ2) is 7.72. The van der Waals surface area contributed by atoms with Gasteiger partial charge in [0.05, 0.1) is 6.54 Å². The van der Waals surface area contributed by atoms with Crippen molar-refractivity contribution >= 4 is 29.3 Å². The molecular formula is C21H21N3O4. The van der Waals surface area contributed by atoms with Gasteiger partial charge >= 0.3 is 6.09 Å². The summed E-state index contributed by atoms with van der Waals surface area (Å²) in [7, 11) is 0. The van der Waals surface area contributed by atoms with Crippen molar-refractivity contribution in [3.8, 4) is 0 Å². The van der Waals surface area contributed by atoms with Gasteiger partial charge in [0.1, 0.15) is 12.6 Å². The first kappa shape index (κ1) is 18.0. The van der Waals surface area contributed by atoms with Gasteiger partial charge in [-0.05, 0) is 36.2 Å². The highest BCUT2D eigenvalue weighted by Gasteiger charge is 2.36. The molecule has 1 atom stereocenters. The number of ether oxygens (including phenoxy) is 1. The summed E-state index contributed by atoms with van der Waals surface area (Å²) in [5.74, 6) is -0.206. The van der Waals surface area contributed by atoms with Gasteiger partial charge in [0.2, 0.25) is 11.8 Å². The fraction of sp³-hybridized carbons (Fsp3) is 0.286. The van der Waals surface area contributed by atoms with E-state index in [0.29, 0.717) is 38.2 Å². The molecule has 2 aliphatic heterocycles. The quantitative estimate of drug-likeness (QED) is 0.866. The minimum absolute atomic E-state index is 0.00750. The number of hydrogen-bond donors (Lipinski definition) is 1. The van der Waals surface area contributed by atoms with E-state index in [-0.39, 0.29) is 17.9 Å². The molecule has 4 rings (SSSR count). The number of hydrogen-bond acceptors (Lipinski definition) is 4. The van der Waals surface area contributed by atoms with E-state index in [1.54, 1.807) is 34.1 Å². The Bertz CT molecular complexity index is 882. The Morgan fingerprint density at radius 3 is 2.50 bits per heavy atom. The van der Waals surface area contributed by atoms with Crippen LogP contribution in [0.15, 0.2) is 54.6 Å². The summed E-state index contributed by atoms with van der Waals surface area (Å²) >= 11 is 0. The molecule has 7 nitrogen and oxygen atoms in total. The van der Waals surface area contributed by atoms with E-state index in [4.69, 9.17) is 4.74 Å². The molecule has 0 spiro atoms. The summed E-state index contributed by atoms with van der Waals surface area (Å²) in [6, 6.07) is 16.2. The fourth-order valence-corrected chi connectivity index (χ4v) is 3.56. The van der Waals surface area contributed by atoms with Crippen LogP contribution in [0.3, 0.4) is 0 Å². The minimum Gasteiger partial charge on any atom is -0.447 e. The highest BCUT2D eigenvalue weighted by atomic mass is 16.6. The van der Waals surface area contributed by atoms with Crippen molar-refractivity contribution in [2.45, 2.75) is 25.4 Å². The topological polar surface area (TPSA) is 79.0 Å². The van der Waals surface area contributed by atoms with Gasteiger partial charge in [-0.2, -0.15) is 0 Å². The van der Waals surface area contributed by atoms with Gasteiger partial charge < -0.3 is 15.0 Å². The van der Waals surface area contributed by atoms with Crippen LogP contribution >= 0.6 is 0 Å². The fourth-order valence-electron chi connectivity index (χ4n) is 3.56. The van der Waals surface area contributed by atoms with Crippen molar-refractivity contribution in [3.63, 3.8) is 0 Å². The summed E-state index contributed by atoms with van der Waals surface area (Å²) in [4.78, 5) is 39.8. The number of carbonyl (C=O) groups is 3. The third-order valence-corrected chi connectivity index (χ3v) is 5.03. The van der Waals surface area contributed by atoms with Crippen LogP contribution in [-0.4, -0.2) is 42.0 Å². The normalized spacial score (nSPS) is 19.1. The van der Waals surface area contributed by atoms with E-state index in [0.717, 1.165) is 11.3 Å². The second-order valence-electron chi connectivity index (χ2n) is 6.86. The number of benzene rings is 2. The molecule has 0 saturated carbocycles. The molecule has 2 fully saturated rings. The Morgan fingerprint density at radius 1 is 1.07 bits per heavy atom. The van der Waals surface area contributed by atoms with Gasteiger partial charge in [-0.25, -0.2) is 4.79 Å². The lowest BCUT2D eigenvalue weighted by Crippen LogP contribution is -2.41. The summed E-state index contributed by atoms with van der Waals surface area (Å²) in [6.45, 7) is 1.32. The number of nitrogens with one attached hydrogen (secondary N) is 1. The molecule has 0 radical (unpaired) electrons. The third-order valence-electron chi connectivity index (χ3n) is 5.03. The van der Waals surface area contributed by atoms with Crippen molar-refractivity contribution in [2.24, 2.45) is 0 Å². The van der Waals surface area contributed by atoms with E-state index in [2.05, 4.69) is 5.32 Å². The smallest absolute Gasteiger partial charge is 0.414 e. The maximum absolute atomic E-state index is 12.8. The Hall–Kier alpha value is -3.35. The first-order valence-electron chi connectivity index (χ1n) is 9.30. The van der Waals surface area contributed by atoms with Gasteiger partial charge in [-0.3, -0.25) is 14.5 Å². The van der Waals surface area contributed by atoms with Crippen LogP contribution in [0.25, 0.3) is 0 Å². The van der Waals surface area contributed by atoms with Gasteiger partial charge in [-0.1, -0.05) is 30.3 Å². The van der Waals surface area contributed by atoms with Gasteiger partial charge in [-0.15, -0.1) is 0 Å². The maximum Gasteiger partial charge on any atom is 0.414 e. The van der Waals surface area contributed by atoms with E-state index < -0.39 is 6.04 Å². The zero-order valence-corrected chi connectivity index (χ0v) is 15.3. The third kappa shape index (κ3) is 3.69. The lowest BCUT2D eigenvalue weighted by Gasteiger charge is -2.24. The molecule has 2 saturated heterocycles. The Morgan fingerprint density at radius 2 is 1.82 bits per heavy atom. The molecule has 1 unspecified atom stereocenters. The Labute approximate surface area is 162 Å². The number of amides is 3. The first-order chi connectivity index (χ1) is 13.6. The average molecular weight is 379 g/mol. The molecule has 2 heterocycles. The zero-order valence-electron chi connectivity index (χ0n) is 15.3. The first-order valence-corrected chi connectivity index (χ1v) is 9.30. The average Bonchev–Trinajstić information content (AvgIpc) is 3.29. The largest absolute Gasteiger partial charge is 0.447 e. The van der Waals surface area contributed by atoms with E-state index >= 15 is 0 Å². The minimum atomic E-state index is -0.485. The maximum atomic E-state index is 12.8. The highest BCUT2D eigenvalue weighted by molar-refractivity contribution is 5.99. The van der Waals surface area contributed by atoms with Gasteiger partial charge in [0, 0.05) is 24.3 Å². The molecule has 0 aliphatic carbocycles. The van der Waals surface area contributed by atoms with Crippen LogP contribution in [0.2, 0.25) is 0 Å². The molecule has 144 valence electrons. The molecule has 2 aliphatic rings. The monoisotopic (exact) mass is 379 g/mol. The van der Waals surface area contributed by atoms with Crippen molar-refractivity contribution in [1.29, 1.82) is 0 Å². The van der Waals surface area contributed by atoms with Crippen LogP contribution in [0.4, 0.5) is 16.2 Å². The van der Waals surface area contributed by atoms with Crippen LogP contribution < -0.4 is 10.2 Å². The molecular weight excluding hydrogens is 358 g/mol. The molecule has 3 amide bonds. The predicted molar refractivity (Wildman–Crippen MR) is 104 cm³/mol. The second-order valence-corrected chi connectivity index (χ2v) is 6.86. The zero-order chi connectivity index (χ0) is 19.5. The lowest BCUT2D eigenvalue weighted by atomic mass is 10.1. The number of rotatable bonds is 5. The molecule has 0 aromatic heterocycles. The Balaban J connectivity index is 1.42. The number of nitrogens with zero attached hydrogens (tertiary/aromatic N) is 2. The van der Waals surface area contributed by atoms with Crippen LogP contribution in [0.1, 0.15) is 18.4 Å². The molecule has 0 bridgehead atoms. The molecule has 28 heavy (non-hydrogen) atoms. The summed E-state index contributed by atoms with van der Waals surface area (Å²) in [5, 5.41) is 2.88. The van der Waals surface area contributed by atoms with E-state index in [1.165, 1.54) is 0 Å². The SMILES string of the molecule is O=C(Nc1ccc(N2CCOC2=O)cc1)C1CCC(=O)N1Cc1ccccc1. The molecule has 2 aromatic rings. The lowest BCUT2D eigenvalue weighted by molar-refractivity contribution is -0.133. The number of likely N-dealkylation sites (tertiary alicyclic amines) is 1. The van der Waals surface area contributed by atoms with Gasteiger partial charge in [0.25, 0.3) is 0 Å². The van der Waals surface area contributed by atoms with Crippen molar-refractivity contribution in [1.82, 2.24) is 4.90 Å². The van der Waals surface area contributed by atoms with Crippen molar-refractivity contribution in [2.75, 3.05) is 23.4 Å². The van der Waals surface area contributed by atoms with Crippen LogP contribution in [-0.2, 0) is 20.9 Å². The van der Waals surface area contributed by atoms with E-state index in [9.17, 15) is 14.4 Å². The number of anilines is 2. The molecule has 1 N–H and O–H groups in total. The van der Waals surface area contributed by atoms with Crippen LogP contribution in [0.5, 0.6) is 0 Å². The predicted octanol–water partition coefficient (Wildman–Crippen LogP) is 2.77. The Kier molecular flexibility index (Phi) is 4.97. The molecule has 2 aromatic carbocycles. The van der Waals surface area contributed by atoms with E-state index in [1.807, 2.05) is 30.3 Å². The highest BCUT2D eigenvalue weighted by Crippen LogP contribution is 2.24. The summed E-state index contributed by atoms with van der Waals surface area (Å²) in [6.07, 6.45) is 0.522.